The van der Waals surface area contributed by atoms with Gasteiger partial charge in [0.1, 0.15) is 12.4 Å². The normalized spacial score (nSPS) is 21.4. The summed E-state index contributed by atoms with van der Waals surface area (Å²) in [6, 6.07) is 0. The van der Waals surface area contributed by atoms with E-state index < -0.39 is 21.9 Å². The van der Waals surface area contributed by atoms with Crippen LogP contribution in [0.5, 0.6) is 5.88 Å². The van der Waals surface area contributed by atoms with Crippen molar-refractivity contribution in [1.82, 2.24) is 19.2 Å². The lowest BCUT2D eigenvalue weighted by Gasteiger charge is -2.25. The number of carbonyl (C=O) groups is 2. The highest BCUT2D eigenvalue weighted by Gasteiger charge is 2.35. The Bertz CT molecular complexity index is 847. The summed E-state index contributed by atoms with van der Waals surface area (Å²) < 4.78 is 46.2. The molecule has 1 aromatic rings. The van der Waals surface area contributed by atoms with Crippen LogP contribution in [0.2, 0.25) is 0 Å². The largest absolute Gasteiger partial charge is 0.471 e. The Kier molecular flexibility index (Phi) is 6.23. The highest BCUT2D eigenvalue weighted by Crippen LogP contribution is 2.23. The Morgan fingerprint density at radius 3 is 2.64 bits per heavy atom. The third kappa shape index (κ3) is 4.46. The molecule has 0 bridgehead atoms. The van der Waals surface area contributed by atoms with Crippen LogP contribution in [0.25, 0.3) is 0 Å². The highest BCUT2D eigenvalue weighted by atomic mass is 32.2. The molecule has 0 aromatic carbocycles. The molecule has 2 aliphatic rings. The first kappa shape index (κ1) is 20.6. The van der Waals surface area contributed by atoms with Crippen LogP contribution >= 0.6 is 0 Å². The van der Waals surface area contributed by atoms with Gasteiger partial charge in [0.05, 0.1) is 18.0 Å². The maximum atomic E-state index is 14.2. The van der Waals surface area contributed by atoms with E-state index in [0.717, 1.165) is 4.90 Å². The van der Waals surface area contributed by atoms with E-state index in [1.807, 2.05) is 0 Å². The minimum atomic E-state index is -3.67. The number of ether oxygens (including phenoxy) is 1. The van der Waals surface area contributed by atoms with Crippen molar-refractivity contribution >= 4 is 21.8 Å². The van der Waals surface area contributed by atoms with Gasteiger partial charge < -0.3 is 4.74 Å². The number of aryl methyl sites for hydroxylation is 1. The van der Waals surface area contributed by atoms with Crippen molar-refractivity contribution in [3.8, 4) is 5.88 Å². The van der Waals surface area contributed by atoms with Crippen LogP contribution in [-0.2, 0) is 26.0 Å². The van der Waals surface area contributed by atoms with Crippen LogP contribution in [0.15, 0.2) is 6.33 Å². The molecule has 1 aromatic heterocycles. The summed E-state index contributed by atoms with van der Waals surface area (Å²) in [5, 5.41) is 0. The zero-order valence-corrected chi connectivity index (χ0v) is 16.5. The van der Waals surface area contributed by atoms with Crippen LogP contribution in [0.3, 0.4) is 0 Å². The van der Waals surface area contributed by atoms with E-state index in [9.17, 15) is 22.4 Å². The average molecular weight is 414 g/mol. The molecule has 2 amide bonds. The minimum absolute atomic E-state index is 0.0646. The van der Waals surface area contributed by atoms with Crippen LogP contribution < -0.4 is 4.74 Å². The van der Waals surface area contributed by atoms with Gasteiger partial charge in [-0.05, 0) is 19.3 Å². The molecule has 0 spiro atoms. The molecule has 2 aliphatic heterocycles. The third-order valence-electron chi connectivity index (χ3n) is 4.90. The molecule has 1 unspecified atom stereocenters. The van der Waals surface area contributed by atoms with Crippen LogP contribution in [0.4, 0.5) is 4.39 Å². The van der Waals surface area contributed by atoms with Crippen LogP contribution in [0.1, 0.15) is 38.3 Å². The number of imide groups is 1. The summed E-state index contributed by atoms with van der Waals surface area (Å²) in [4.78, 5) is 32.3. The van der Waals surface area contributed by atoms with Crippen LogP contribution in [-0.4, -0.2) is 70.9 Å². The number of hydrogen-bond acceptors (Lipinski definition) is 7. The summed E-state index contributed by atoms with van der Waals surface area (Å²) >= 11 is 0. The molecule has 9 nitrogen and oxygen atoms in total. The van der Waals surface area contributed by atoms with Gasteiger partial charge >= 0.3 is 0 Å². The Morgan fingerprint density at radius 2 is 1.96 bits per heavy atom. The van der Waals surface area contributed by atoms with Crippen molar-refractivity contribution in [1.29, 1.82) is 0 Å². The molecule has 0 N–H and O–H groups in total. The van der Waals surface area contributed by atoms with E-state index in [2.05, 4.69) is 9.97 Å². The first-order valence-electron chi connectivity index (χ1n) is 9.29. The molecule has 0 aliphatic carbocycles. The first-order chi connectivity index (χ1) is 13.3. The number of nitrogens with zero attached hydrogens (tertiary/aromatic N) is 4. The summed E-state index contributed by atoms with van der Waals surface area (Å²) in [6.45, 7) is 1.90. The van der Waals surface area contributed by atoms with Gasteiger partial charge in [0.15, 0.2) is 0 Å². The molecule has 0 radical (unpaired) electrons. The predicted molar refractivity (Wildman–Crippen MR) is 96.3 cm³/mol. The van der Waals surface area contributed by atoms with Gasteiger partial charge in [-0.25, -0.2) is 13.4 Å². The molecule has 1 atom stereocenters. The molecule has 2 fully saturated rings. The molecule has 2 saturated heterocycles. The molecular weight excluding hydrogens is 391 g/mol. The van der Waals surface area contributed by atoms with Crippen molar-refractivity contribution < 1.29 is 27.1 Å². The summed E-state index contributed by atoms with van der Waals surface area (Å²) in [7, 11) is -3.67. The number of carbonyl (C=O) groups excluding carboxylic acids is 2. The fourth-order valence-corrected chi connectivity index (χ4v) is 4.75. The first-order valence-corrected chi connectivity index (χ1v) is 10.9. The van der Waals surface area contributed by atoms with Gasteiger partial charge in [0.25, 0.3) is 5.88 Å². The van der Waals surface area contributed by atoms with Crippen molar-refractivity contribution in [2.45, 2.75) is 45.1 Å². The van der Waals surface area contributed by atoms with Gasteiger partial charge in [-0.15, -0.1) is 0 Å². The topological polar surface area (TPSA) is 110 Å². The summed E-state index contributed by atoms with van der Waals surface area (Å²) in [5.74, 6) is -1.81. The molecule has 3 heterocycles. The lowest BCUT2D eigenvalue weighted by Crippen LogP contribution is -2.44. The fraction of sp³-hybridized carbons (Fsp3) is 0.647. The second-order valence-electron chi connectivity index (χ2n) is 6.79. The van der Waals surface area contributed by atoms with E-state index in [4.69, 9.17) is 4.74 Å². The molecule has 0 saturated carbocycles. The molecule has 3 rings (SSSR count). The lowest BCUT2D eigenvalue weighted by atomic mass is 10.1. The molecular formula is C17H23FN4O5S. The summed E-state index contributed by atoms with van der Waals surface area (Å²) in [6.07, 6.45) is 2.50. The molecule has 11 heteroatoms. The van der Waals surface area contributed by atoms with E-state index in [1.165, 1.54) is 10.6 Å². The predicted octanol–water partition coefficient (Wildman–Crippen LogP) is 0.500. The maximum Gasteiger partial charge on any atom is 0.254 e. The van der Waals surface area contributed by atoms with Crippen molar-refractivity contribution in [2.75, 3.05) is 25.4 Å². The monoisotopic (exact) mass is 414 g/mol. The number of hydrogen-bond donors (Lipinski definition) is 0. The molecule has 154 valence electrons. The number of sulfonamides is 1. The number of likely N-dealkylation sites (tertiary alicyclic amines) is 1. The number of aromatic nitrogens is 2. The average Bonchev–Trinajstić information content (AvgIpc) is 3.12. The second-order valence-corrected chi connectivity index (χ2v) is 8.88. The van der Waals surface area contributed by atoms with Gasteiger partial charge in [0, 0.05) is 25.9 Å². The van der Waals surface area contributed by atoms with Gasteiger partial charge in [0.2, 0.25) is 27.7 Å². The zero-order valence-electron chi connectivity index (χ0n) is 15.6. The SMILES string of the molecule is CCc1ncnc(OC2CCN(S(=O)(=O)CCN3C(=O)CCCC3=O)C2)c1F. The van der Waals surface area contributed by atoms with Gasteiger partial charge in [-0.1, -0.05) is 6.92 Å². The number of amides is 2. The summed E-state index contributed by atoms with van der Waals surface area (Å²) in [5.41, 5.74) is 0.239. The number of piperidine rings is 1. The fourth-order valence-electron chi connectivity index (χ4n) is 3.31. The number of halogens is 1. The minimum Gasteiger partial charge on any atom is -0.471 e. The van der Waals surface area contributed by atoms with Crippen LogP contribution in [0, 0.1) is 5.82 Å². The van der Waals surface area contributed by atoms with Crippen molar-refractivity contribution in [3.63, 3.8) is 0 Å². The lowest BCUT2D eigenvalue weighted by molar-refractivity contribution is -0.147. The Balaban J connectivity index is 1.58. The Morgan fingerprint density at radius 1 is 1.25 bits per heavy atom. The molecule has 28 heavy (non-hydrogen) atoms. The second kappa shape index (κ2) is 8.48. The van der Waals surface area contributed by atoms with E-state index in [0.29, 0.717) is 19.3 Å². The number of rotatable bonds is 7. The van der Waals surface area contributed by atoms with Crippen molar-refractivity contribution in [2.24, 2.45) is 0 Å². The van der Waals surface area contributed by atoms with Gasteiger partial charge in [-0.2, -0.15) is 13.7 Å². The Labute approximate surface area is 162 Å². The van der Waals surface area contributed by atoms with E-state index >= 15 is 0 Å². The third-order valence-corrected chi connectivity index (χ3v) is 6.72. The maximum absolute atomic E-state index is 14.2. The highest BCUT2D eigenvalue weighted by molar-refractivity contribution is 7.89. The van der Waals surface area contributed by atoms with E-state index in [-0.39, 0.29) is 61.6 Å². The van der Waals surface area contributed by atoms with Crippen molar-refractivity contribution in [3.05, 3.63) is 17.8 Å². The quantitative estimate of drug-likeness (QED) is 0.598. The zero-order chi connectivity index (χ0) is 20.3. The van der Waals surface area contributed by atoms with E-state index in [1.54, 1.807) is 6.92 Å². The van der Waals surface area contributed by atoms with Gasteiger partial charge in [-0.3, -0.25) is 14.5 Å². The smallest absolute Gasteiger partial charge is 0.254 e. The Hall–Kier alpha value is -2.14. The standard InChI is InChI=1S/C17H23FN4O5S/c1-2-13-16(18)17(20-11-19-13)27-12-6-7-21(10-12)28(25,26)9-8-22-14(23)4-3-5-15(22)24/h11-12H,2-10H2,1H3.